The number of rotatable bonds is 12. The predicted molar refractivity (Wildman–Crippen MR) is 184 cm³/mol. The lowest BCUT2D eigenvalue weighted by Gasteiger charge is -2.42. The summed E-state index contributed by atoms with van der Waals surface area (Å²) in [5.41, 5.74) is 6.06. The number of nitrogens with one attached hydrogen (secondary N) is 3. The first-order chi connectivity index (χ1) is 22.6. The van der Waals surface area contributed by atoms with Gasteiger partial charge in [0.05, 0.1) is 13.2 Å². The molecule has 4 aromatic rings. The van der Waals surface area contributed by atoms with Crippen LogP contribution in [0.15, 0.2) is 65.2 Å². The number of carbonyl (C=O) groups excluding carboxylic acids is 1. The molecule has 1 aliphatic carbocycles. The van der Waals surface area contributed by atoms with Gasteiger partial charge in [0.1, 0.15) is 17.3 Å². The monoisotopic (exact) mass is 637 g/mol. The van der Waals surface area contributed by atoms with Gasteiger partial charge in [-0.3, -0.25) is 4.79 Å². The molecule has 1 saturated heterocycles. The molecule has 0 bridgehead atoms. The van der Waals surface area contributed by atoms with E-state index in [4.69, 9.17) is 13.9 Å². The van der Waals surface area contributed by atoms with Gasteiger partial charge in [0.25, 0.3) is 5.91 Å². The van der Waals surface area contributed by atoms with Crippen LogP contribution in [0.2, 0.25) is 0 Å². The Bertz CT molecular complexity index is 1710. The van der Waals surface area contributed by atoms with Gasteiger partial charge < -0.3 is 29.8 Å². The highest BCUT2D eigenvalue weighted by Gasteiger charge is 2.38. The van der Waals surface area contributed by atoms with Crippen LogP contribution in [0.3, 0.4) is 0 Å². The van der Waals surface area contributed by atoms with E-state index in [0.717, 1.165) is 66.3 Å². The standard InChI is InChI=1S/C38H47N5O4/c1-37(2)14-15-38(3,4)31-21-33(45-5)27(20-30(31)37)19-28-11-12-32(47-28)35(44)41-23-26-9-6-8-25(18-26)22-40-34-13-16-39-36(43-34)42-24-29-10-7-17-46-29/h6,8-9,11-13,16,18,20-21,29H,7,10,14-15,17,19,22-24H2,1-5H3,(H,41,44)(H2,39,40,42,43)/t29-/m0/s1. The zero-order valence-corrected chi connectivity index (χ0v) is 28.2. The third-order valence-corrected chi connectivity index (χ3v) is 9.59. The number of hydrogen-bond acceptors (Lipinski definition) is 8. The number of nitrogens with zero attached hydrogens (tertiary/aromatic N) is 2. The quantitative estimate of drug-likeness (QED) is 0.150. The lowest BCUT2D eigenvalue weighted by Crippen LogP contribution is -2.34. The molecule has 2 aromatic carbocycles. The number of anilines is 2. The third-order valence-electron chi connectivity index (χ3n) is 9.59. The van der Waals surface area contributed by atoms with Gasteiger partial charge in [0, 0.05) is 44.4 Å². The van der Waals surface area contributed by atoms with E-state index in [9.17, 15) is 4.79 Å². The molecule has 1 aliphatic heterocycles. The number of methoxy groups -OCH3 is 1. The topological polar surface area (TPSA) is 111 Å². The minimum absolute atomic E-state index is 0.0920. The first-order valence-corrected chi connectivity index (χ1v) is 16.7. The minimum atomic E-state index is -0.246. The highest BCUT2D eigenvalue weighted by atomic mass is 16.5. The van der Waals surface area contributed by atoms with Crippen molar-refractivity contribution in [3.05, 3.63) is 100 Å². The molecule has 9 heteroatoms. The number of hydrogen-bond donors (Lipinski definition) is 3. The van der Waals surface area contributed by atoms with Gasteiger partial charge in [-0.1, -0.05) is 58.0 Å². The molecule has 9 nitrogen and oxygen atoms in total. The van der Waals surface area contributed by atoms with Crippen molar-refractivity contribution in [3.63, 3.8) is 0 Å². The van der Waals surface area contributed by atoms with Crippen molar-refractivity contribution < 1.29 is 18.7 Å². The first-order valence-electron chi connectivity index (χ1n) is 16.7. The van der Waals surface area contributed by atoms with E-state index in [1.807, 2.05) is 30.3 Å². The van der Waals surface area contributed by atoms with E-state index in [1.54, 1.807) is 19.4 Å². The second-order valence-corrected chi connectivity index (χ2v) is 14.1. The Hall–Kier alpha value is -4.37. The Morgan fingerprint density at radius 2 is 1.72 bits per heavy atom. The van der Waals surface area contributed by atoms with E-state index in [-0.39, 0.29) is 22.8 Å². The molecular formula is C38H47N5O4. The molecule has 47 heavy (non-hydrogen) atoms. The molecule has 0 spiro atoms. The molecule has 3 heterocycles. The highest BCUT2D eigenvalue weighted by molar-refractivity contribution is 5.91. The van der Waals surface area contributed by atoms with Gasteiger partial charge in [-0.15, -0.1) is 0 Å². The molecule has 6 rings (SSSR count). The van der Waals surface area contributed by atoms with E-state index in [0.29, 0.717) is 37.8 Å². The largest absolute Gasteiger partial charge is 0.496 e. The fourth-order valence-electron chi connectivity index (χ4n) is 6.61. The maximum absolute atomic E-state index is 13.1. The summed E-state index contributed by atoms with van der Waals surface area (Å²) >= 11 is 0. The lowest BCUT2D eigenvalue weighted by atomic mass is 9.63. The maximum Gasteiger partial charge on any atom is 0.287 e. The summed E-state index contributed by atoms with van der Waals surface area (Å²) in [6, 6.07) is 18.1. The molecule has 2 aromatic heterocycles. The molecule has 3 N–H and O–H groups in total. The van der Waals surface area contributed by atoms with Crippen molar-refractivity contribution in [3.8, 4) is 5.75 Å². The second-order valence-electron chi connectivity index (χ2n) is 14.1. The van der Waals surface area contributed by atoms with Gasteiger partial charge in [-0.05, 0) is 83.0 Å². The maximum atomic E-state index is 13.1. The average molecular weight is 638 g/mol. The van der Waals surface area contributed by atoms with E-state index in [1.165, 1.54) is 11.1 Å². The van der Waals surface area contributed by atoms with E-state index in [2.05, 4.69) is 71.8 Å². The van der Waals surface area contributed by atoms with Crippen LogP contribution >= 0.6 is 0 Å². The SMILES string of the molecule is COc1cc2c(cc1Cc1ccc(C(=O)NCc3cccc(CNc4ccnc(NC[C@@H]5CCCO5)n4)c3)o1)C(C)(C)CCC2(C)C. The summed E-state index contributed by atoms with van der Waals surface area (Å²) < 4.78 is 17.5. The van der Waals surface area contributed by atoms with Crippen molar-refractivity contribution in [2.24, 2.45) is 0 Å². The molecule has 0 radical (unpaired) electrons. The Morgan fingerprint density at radius 1 is 0.957 bits per heavy atom. The summed E-state index contributed by atoms with van der Waals surface area (Å²) in [7, 11) is 1.72. The Kier molecular flexibility index (Phi) is 9.55. The zero-order chi connectivity index (χ0) is 33.0. The van der Waals surface area contributed by atoms with Crippen LogP contribution in [-0.4, -0.2) is 42.2 Å². The van der Waals surface area contributed by atoms with Crippen LogP contribution in [0, 0.1) is 0 Å². The Morgan fingerprint density at radius 3 is 2.47 bits per heavy atom. The predicted octanol–water partition coefficient (Wildman–Crippen LogP) is 7.15. The molecular weight excluding hydrogens is 590 g/mol. The van der Waals surface area contributed by atoms with Crippen molar-refractivity contribution in [2.45, 2.75) is 89.8 Å². The van der Waals surface area contributed by atoms with Crippen molar-refractivity contribution in [1.82, 2.24) is 15.3 Å². The highest BCUT2D eigenvalue weighted by Crippen LogP contribution is 2.48. The molecule has 2 aliphatic rings. The van der Waals surface area contributed by atoms with Gasteiger partial charge in [-0.25, -0.2) is 4.98 Å². The van der Waals surface area contributed by atoms with Crippen LogP contribution in [0.1, 0.15) is 97.5 Å². The number of benzene rings is 2. The van der Waals surface area contributed by atoms with Crippen LogP contribution in [0.25, 0.3) is 0 Å². The minimum Gasteiger partial charge on any atom is -0.496 e. The van der Waals surface area contributed by atoms with Crippen LogP contribution in [0.5, 0.6) is 5.75 Å². The summed E-state index contributed by atoms with van der Waals surface area (Å²) in [6.45, 7) is 11.8. The van der Waals surface area contributed by atoms with Crippen LogP contribution in [-0.2, 0) is 35.1 Å². The number of amides is 1. The van der Waals surface area contributed by atoms with E-state index < -0.39 is 0 Å². The number of ether oxygens (including phenoxy) is 2. The summed E-state index contributed by atoms with van der Waals surface area (Å²) in [6.07, 6.45) is 6.96. The normalized spacial score (nSPS) is 17.9. The van der Waals surface area contributed by atoms with Crippen LogP contribution < -0.4 is 20.7 Å². The molecule has 0 saturated carbocycles. The molecule has 1 atom stereocenters. The van der Waals surface area contributed by atoms with Gasteiger partial charge >= 0.3 is 0 Å². The number of carbonyl (C=O) groups is 1. The van der Waals surface area contributed by atoms with Crippen LogP contribution in [0.4, 0.5) is 11.8 Å². The fourth-order valence-corrected chi connectivity index (χ4v) is 6.61. The molecule has 248 valence electrons. The Balaban J connectivity index is 1.04. The van der Waals surface area contributed by atoms with Gasteiger partial charge in [-0.2, -0.15) is 4.98 Å². The van der Waals surface area contributed by atoms with Gasteiger partial charge in [0.2, 0.25) is 5.95 Å². The number of aromatic nitrogens is 2. The Labute approximate surface area is 277 Å². The van der Waals surface area contributed by atoms with Gasteiger partial charge in [0.15, 0.2) is 5.76 Å². The van der Waals surface area contributed by atoms with Crippen molar-refractivity contribution in [1.29, 1.82) is 0 Å². The summed E-state index contributed by atoms with van der Waals surface area (Å²) in [4.78, 5) is 21.9. The molecule has 1 fully saturated rings. The summed E-state index contributed by atoms with van der Waals surface area (Å²) in [5, 5.41) is 9.64. The second kappa shape index (κ2) is 13.8. The first kappa shape index (κ1) is 32.6. The van der Waals surface area contributed by atoms with Crippen molar-refractivity contribution >= 4 is 17.7 Å². The third kappa shape index (κ3) is 7.79. The summed E-state index contributed by atoms with van der Waals surface area (Å²) in [5.74, 6) is 2.95. The number of fused-ring (bicyclic) bond motifs is 1. The average Bonchev–Trinajstić information content (AvgIpc) is 3.77. The van der Waals surface area contributed by atoms with Crippen molar-refractivity contribution in [2.75, 3.05) is 30.9 Å². The van der Waals surface area contributed by atoms with E-state index >= 15 is 0 Å². The molecule has 0 unspecified atom stereocenters. The number of furan rings is 1. The fraction of sp³-hybridized carbons (Fsp3) is 0.447. The smallest absolute Gasteiger partial charge is 0.287 e. The molecule has 1 amide bonds. The lowest BCUT2D eigenvalue weighted by molar-refractivity contribution is 0.0921. The zero-order valence-electron chi connectivity index (χ0n) is 28.2.